The van der Waals surface area contributed by atoms with Crippen molar-refractivity contribution in [2.45, 2.75) is 19.9 Å². The minimum Gasteiger partial charge on any atom is -0.493 e. The van der Waals surface area contributed by atoms with Gasteiger partial charge in [-0.2, -0.15) is 0 Å². The first-order valence-electron chi connectivity index (χ1n) is 11.0. The largest absolute Gasteiger partial charge is 0.493 e. The van der Waals surface area contributed by atoms with E-state index in [0.717, 1.165) is 56.6 Å². The highest BCUT2D eigenvalue weighted by atomic mass is 32.2. The maximum atomic E-state index is 13.2. The summed E-state index contributed by atoms with van der Waals surface area (Å²) in [5.41, 5.74) is 1.76. The molecule has 0 bridgehead atoms. The molecule has 1 saturated heterocycles. The number of benzene rings is 4. The van der Waals surface area contributed by atoms with Crippen LogP contribution in [0.4, 0.5) is 4.79 Å². The normalized spacial score (nSPS) is 15.2. The minimum absolute atomic E-state index is 0.252. The summed E-state index contributed by atoms with van der Waals surface area (Å²) in [4.78, 5) is 27.7. The zero-order valence-corrected chi connectivity index (χ0v) is 19.1. The molecule has 5 heteroatoms. The molecule has 0 unspecified atom stereocenters. The van der Waals surface area contributed by atoms with Crippen LogP contribution in [0.5, 0.6) is 5.75 Å². The summed E-state index contributed by atoms with van der Waals surface area (Å²) in [6, 6.07) is 26.0. The van der Waals surface area contributed by atoms with Crippen LogP contribution in [0.2, 0.25) is 0 Å². The van der Waals surface area contributed by atoms with E-state index in [9.17, 15) is 9.59 Å². The number of carbonyl (C=O) groups is 2. The van der Waals surface area contributed by atoms with Crippen LogP contribution in [0.3, 0.4) is 0 Å². The number of ether oxygens (including phenoxy) is 1. The molecule has 1 fully saturated rings. The lowest BCUT2D eigenvalue weighted by Crippen LogP contribution is -2.27. The Morgan fingerprint density at radius 1 is 0.879 bits per heavy atom. The number of amides is 2. The van der Waals surface area contributed by atoms with Gasteiger partial charge in [0.05, 0.1) is 18.1 Å². The van der Waals surface area contributed by atoms with E-state index in [0.29, 0.717) is 11.5 Å². The third-order valence-electron chi connectivity index (χ3n) is 5.70. The summed E-state index contributed by atoms with van der Waals surface area (Å²) < 4.78 is 5.97. The fourth-order valence-corrected chi connectivity index (χ4v) is 4.87. The van der Waals surface area contributed by atoms with Crippen molar-refractivity contribution in [3.8, 4) is 5.75 Å². The van der Waals surface area contributed by atoms with Gasteiger partial charge in [0.25, 0.3) is 11.1 Å². The number of rotatable bonds is 6. The van der Waals surface area contributed by atoms with E-state index in [-0.39, 0.29) is 17.7 Å². The van der Waals surface area contributed by atoms with Crippen molar-refractivity contribution >= 4 is 50.5 Å². The molecular formula is C28H23NO3S. The Labute approximate surface area is 196 Å². The van der Waals surface area contributed by atoms with E-state index in [2.05, 4.69) is 6.92 Å². The Balaban J connectivity index is 1.48. The van der Waals surface area contributed by atoms with Crippen molar-refractivity contribution in [1.82, 2.24) is 4.90 Å². The van der Waals surface area contributed by atoms with E-state index >= 15 is 0 Å². The van der Waals surface area contributed by atoms with Crippen LogP contribution in [-0.2, 0) is 11.3 Å². The quantitative estimate of drug-likeness (QED) is 0.294. The van der Waals surface area contributed by atoms with Crippen molar-refractivity contribution in [3.05, 3.63) is 94.9 Å². The Hall–Kier alpha value is -3.57. The molecule has 1 aliphatic rings. The highest BCUT2D eigenvalue weighted by Gasteiger charge is 2.35. The lowest BCUT2D eigenvalue weighted by Gasteiger charge is -2.13. The molecule has 2 amide bonds. The molecule has 0 saturated carbocycles. The zero-order chi connectivity index (χ0) is 22.8. The van der Waals surface area contributed by atoms with Crippen LogP contribution in [0, 0.1) is 0 Å². The van der Waals surface area contributed by atoms with Crippen LogP contribution in [-0.4, -0.2) is 22.7 Å². The average molecular weight is 454 g/mol. The molecule has 0 aromatic heterocycles. The Morgan fingerprint density at radius 3 is 2.42 bits per heavy atom. The van der Waals surface area contributed by atoms with Gasteiger partial charge in [-0.1, -0.05) is 73.7 Å². The molecule has 0 N–H and O–H groups in total. The van der Waals surface area contributed by atoms with E-state index in [4.69, 9.17) is 4.74 Å². The van der Waals surface area contributed by atoms with Gasteiger partial charge in [-0.05, 0) is 63.5 Å². The van der Waals surface area contributed by atoms with Crippen molar-refractivity contribution in [2.75, 3.05) is 6.61 Å². The fraction of sp³-hybridized carbons (Fsp3) is 0.143. The van der Waals surface area contributed by atoms with Gasteiger partial charge in [0, 0.05) is 5.56 Å². The van der Waals surface area contributed by atoms with E-state index < -0.39 is 0 Å². The van der Waals surface area contributed by atoms with E-state index in [1.54, 1.807) is 6.08 Å². The van der Waals surface area contributed by atoms with Gasteiger partial charge < -0.3 is 4.74 Å². The second-order valence-electron chi connectivity index (χ2n) is 8.00. The number of thioether (sulfide) groups is 1. The molecule has 5 rings (SSSR count). The molecule has 4 nitrogen and oxygen atoms in total. The van der Waals surface area contributed by atoms with Crippen LogP contribution < -0.4 is 4.74 Å². The average Bonchev–Trinajstić information content (AvgIpc) is 3.10. The van der Waals surface area contributed by atoms with Crippen molar-refractivity contribution < 1.29 is 14.3 Å². The molecule has 4 aromatic carbocycles. The summed E-state index contributed by atoms with van der Waals surface area (Å²) >= 11 is 0.984. The topological polar surface area (TPSA) is 46.6 Å². The van der Waals surface area contributed by atoms with Crippen LogP contribution in [0.1, 0.15) is 24.5 Å². The maximum Gasteiger partial charge on any atom is 0.293 e. The van der Waals surface area contributed by atoms with E-state index in [1.807, 2.05) is 78.9 Å². The molecule has 0 aliphatic carbocycles. The van der Waals surface area contributed by atoms with Crippen molar-refractivity contribution in [3.63, 3.8) is 0 Å². The first-order chi connectivity index (χ1) is 16.1. The van der Waals surface area contributed by atoms with Gasteiger partial charge in [-0.15, -0.1) is 0 Å². The molecule has 0 atom stereocenters. The molecule has 33 heavy (non-hydrogen) atoms. The number of carbonyl (C=O) groups excluding carboxylic acids is 2. The van der Waals surface area contributed by atoms with Gasteiger partial charge in [0.2, 0.25) is 0 Å². The summed E-state index contributed by atoms with van der Waals surface area (Å²) in [7, 11) is 0. The summed E-state index contributed by atoms with van der Waals surface area (Å²) in [6.45, 7) is 2.89. The lowest BCUT2D eigenvalue weighted by atomic mass is 10.0. The number of hydrogen-bond donors (Lipinski definition) is 0. The third kappa shape index (κ3) is 4.24. The number of imide groups is 1. The first kappa shape index (κ1) is 21.3. The predicted molar refractivity (Wildman–Crippen MR) is 135 cm³/mol. The number of fused-ring (bicyclic) bond motifs is 2. The second-order valence-corrected chi connectivity index (χ2v) is 8.99. The van der Waals surface area contributed by atoms with Gasteiger partial charge in [-0.25, -0.2) is 0 Å². The molecule has 4 aromatic rings. The SMILES string of the molecule is CCCOc1ccc2ccccc2c1/C=C1\SC(=O)N(Cc2ccc3ccccc3c2)C1=O. The first-order valence-corrected chi connectivity index (χ1v) is 11.8. The van der Waals surface area contributed by atoms with Gasteiger partial charge in [0.15, 0.2) is 0 Å². The van der Waals surface area contributed by atoms with Gasteiger partial charge in [-0.3, -0.25) is 14.5 Å². The van der Waals surface area contributed by atoms with E-state index in [1.165, 1.54) is 4.90 Å². The zero-order valence-electron chi connectivity index (χ0n) is 18.3. The molecule has 1 heterocycles. The van der Waals surface area contributed by atoms with Crippen LogP contribution in [0.15, 0.2) is 83.8 Å². The standard InChI is InChI=1S/C28H23NO3S/c1-2-15-32-25-14-13-21-8-5-6-10-23(21)24(25)17-26-27(30)29(28(31)33-26)18-19-11-12-20-7-3-4-9-22(20)16-19/h3-14,16-17H,2,15,18H2,1H3/b26-17-. The molecule has 0 radical (unpaired) electrons. The van der Waals surface area contributed by atoms with Crippen LogP contribution >= 0.6 is 11.8 Å². The molecule has 0 spiro atoms. The highest BCUT2D eigenvalue weighted by molar-refractivity contribution is 8.18. The number of hydrogen-bond acceptors (Lipinski definition) is 4. The second kappa shape index (κ2) is 9.12. The molecular weight excluding hydrogens is 430 g/mol. The third-order valence-corrected chi connectivity index (χ3v) is 6.60. The minimum atomic E-state index is -0.271. The molecule has 1 aliphatic heterocycles. The maximum absolute atomic E-state index is 13.2. The highest BCUT2D eigenvalue weighted by Crippen LogP contribution is 2.37. The summed E-state index contributed by atoms with van der Waals surface area (Å²) in [5, 5.41) is 4.02. The van der Waals surface area contributed by atoms with Crippen molar-refractivity contribution in [2.24, 2.45) is 0 Å². The fourth-order valence-electron chi connectivity index (χ4n) is 4.05. The summed E-state index contributed by atoms with van der Waals surface area (Å²) in [6.07, 6.45) is 2.69. The van der Waals surface area contributed by atoms with Crippen LogP contribution in [0.25, 0.3) is 27.6 Å². The monoisotopic (exact) mass is 453 g/mol. The van der Waals surface area contributed by atoms with Crippen molar-refractivity contribution in [1.29, 1.82) is 0 Å². The summed E-state index contributed by atoms with van der Waals surface area (Å²) in [5.74, 6) is 0.449. The Bertz CT molecular complexity index is 1410. The predicted octanol–water partition coefficient (Wildman–Crippen LogP) is 7.02. The lowest BCUT2D eigenvalue weighted by molar-refractivity contribution is -0.123. The van der Waals surface area contributed by atoms with Gasteiger partial charge >= 0.3 is 0 Å². The Morgan fingerprint density at radius 2 is 1.61 bits per heavy atom. The molecule has 164 valence electrons. The number of nitrogens with zero attached hydrogens (tertiary/aromatic N) is 1. The smallest absolute Gasteiger partial charge is 0.293 e. The Kier molecular flexibility index (Phi) is 5.88. The van der Waals surface area contributed by atoms with Gasteiger partial charge in [0.1, 0.15) is 5.75 Å².